The van der Waals surface area contributed by atoms with Gasteiger partial charge < -0.3 is 5.11 Å². The Morgan fingerprint density at radius 2 is 2.00 bits per heavy atom. The highest BCUT2D eigenvalue weighted by molar-refractivity contribution is 7.20. The van der Waals surface area contributed by atoms with Gasteiger partial charge in [-0.3, -0.25) is 4.79 Å². The van der Waals surface area contributed by atoms with Gasteiger partial charge in [-0.25, -0.2) is 4.98 Å². The molecule has 0 saturated carbocycles. The van der Waals surface area contributed by atoms with Crippen molar-refractivity contribution in [2.24, 2.45) is 0 Å². The number of aromatic nitrogens is 1. The van der Waals surface area contributed by atoms with Gasteiger partial charge in [0.25, 0.3) is 0 Å². The number of hydrogen-bond acceptors (Lipinski definition) is 3. The average Bonchev–Trinajstić information content (AvgIpc) is 3.05. The molecule has 0 unspecified atom stereocenters. The number of rotatable bonds is 6. The molecule has 148 valence electrons. The first-order valence-corrected chi connectivity index (χ1v) is 10.4. The molecular weight excluding hydrogens is 402 g/mol. The van der Waals surface area contributed by atoms with Crippen LogP contribution in [-0.4, -0.2) is 16.1 Å². The fraction of sp³-hybridized carbons (Fsp3) is 0.167. The zero-order valence-electron chi connectivity index (χ0n) is 16.6. The number of benzene rings is 2. The molecule has 3 aromatic rings. The van der Waals surface area contributed by atoms with E-state index in [2.05, 4.69) is 6.58 Å². The van der Waals surface area contributed by atoms with Gasteiger partial charge in [-0.1, -0.05) is 48.0 Å². The predicted octanol–water partition coefficient (Wildman–Crippen LogP) is 7.09. The maximum absolute atomic E-state index is 11.6. The highest BCUT2D eigenvalue weighted by atomic mass is 35.5. The van der Waals surface area contributed by atoms with Gasteiger partial charge >= 0.3 is 5.97 Å². The molecule has 1 heterocycles. The molecule has 1 aromatic heterocycles. The summed E-state index contributed by atoms with van der Waals surface area (Å²) in [6.45, 7) is 9.83. The van der Waals surface area contributed by atoms with Crippen LogP contribution < -0.4 is 0 Å². The molecule has 0 radical (unpaired) electrons. The van der Waals surface area contributed by atoms with Crippen LogP contribution in [0.1, 0.15) is 30.0 Å². The molecule has 0 fully saturated rings. The first kappa shape index (κ1) is 21.0. The number of carbonyl (C=O) groups is 1. The van der Waals surface area contributed by atoms with E-state index in [0.29, 0.717) is 5.02 Å². The Morgan fingerprint density at radius 1 is 1.31 bits per heavy atom. The molecule has 0 spiro atoms. The van der Waals surface area contributed by atoms with Crippen LogP contribution in [0.15, 0.2) is 60.7 Å². The lowest BCUT2D eigenvalue weighted by molar-refractivity contribution is -0.136. The molecule has 5 heteroatoms. The lowest BCUT2D eigenvalue weighted by Crippen LogP contribution is -2.04. The summed E-state index contributed by atoms with van der Waals surface area (Å²) < 4.78 is 0.973. The standard InChI is InChI=1S/C24H22ClNO2S/c1-5-6-17(11-14(2)3)24-26-20-12-15(4)19(13-21(27)28)22(23(20)29-24)16-7-9-18(25)10-8-16/h5-12H,2,13H2,1,3-4H3,(H,27,28)/b6-5?,17-11+. The zero-order valence-corrected chi connectivity index (χ0v) is 18.2. The van der Waals surface area contributed by atoms with Gasteiger partial charge in [0, 0.05) is 16.2 Å². The van der Waals surface area contributed by atoms with Gasteiger partial charge in [0.2, 0.25) is 0 Å². The summed E-state index contributed by atoms with van der Waals surface area (Å²) in [4.78, 5) is 16.4. The van der Waals surface area contributed by atoms with Crippen molar-refractivity contribution >= 4 is 44.7 Å². The predicted molar refractivity (Wildman–Crippen MR) is 124 cm³/mol. The first-order chi connectivity index (χ1) is 13.8. The van der Waals surface area contributed by atoms with Crippen molar-refractivity contribution in [3.63, 3.8) is 0 Å². The van der Waals surface area contributed by atoms with Gasteiger partial charge in [-0.15, -0.1) is 11.3 Å². The number of carboxylic acids is 1. The van der Waals surface area contributed by atoms with Crippen LogP contribution in [0.2, 0.25) is 5.02 Å². The fourth-order valence-electron chi connectivity index (χ4n) is 3.29. The van der Waals surface area contributed by atoms with Crippen molar-refractivity contribution in [2.45, 2.75) is 27.2 Å². The Labute approximate surface area is 179 Å². The molecule has 0 atom stereocenters. The maximum atomic E-state index is 11.6. The number of fused-ring (bicyclic) bond motifs is 1. The number of nitrogens with zero attached hydrogens (tertiary/aromatic N) is 1. The van der Waals surface area contributed by atoms with Crippen LogP contribution in [0.3, 0.4) is 0 Å². The monoisotopic (exact) mass is 423 g/mol. The maximum Gasteiger partial charge on any atom is 0.307 e. The zero-order chi connectivity index (χ0) is 21.1. The van der Waals surface area contributed by atoms with E-state index >= 15 is 0 Å². The largest absolute Gasteiger partial charge is 0.481 e. The Balaban J connectivity index is 2.34. The van der Waals surface area contributed by atoms with E-state index in [1.807, 2.05) is 69.3 Å². The molecule has 0 aliphatic carbocycles. The van der Waals surface area contributed by atoms with Crippen LogP contribution in [-0.2, 0) is 11.2 Å². The van der Waals surface area contributed by atoms with Crippen molar-refractivity contribution in [2.75, 3.05) is 0 Å². The Kier molecular flexibility index (Phi) is 6.36. The highest BCUT2D eigenvalue weighted by Gasteiger charge is 2.19. The van der Waals surface area contributed by atoms with Gasteiger partial charge in [-0.2, -0.15) is 0 Å². The summed E-state index contributed by atoms with van der Waals surface area (Å²) >= 11 is 7.64. The molecule has 3 rings (SSSR count). The van der Waals surface area contributed by atoms with E-state index in [0.717, 1.165) is 48.6 Å². The molecule has 2 aromatic carbocycles. The summed E-state index contributed by atoms with van der Waals surface area (Å²) in [6, 6.07) is 9.48. The number of halogens is 1. The van der Waals surface area contributed by atoms with E-state index < -0.39 is 5.97 Å². The second kappa shape index (κ2) is 8.76. The molecule has 0 amide bonds. The highest BCUT2D eigenvalue weighted by Crippen LogP contribution is 2.40. The van der Waals surface area contributed by atoms with Crippen molar-refractivity contribution in [3.05, 3.63) is 81.9 Å². The summed E-state index contributed by atoms with van der Waals surface area (Å²) in [5, 5.41) is 11.0. The van der Waals surface area contributed by atoms with Crippen LogP contribution in [0.25, 0.3) is 26.9 Å². The Hall–Kier alpha value is -2.69. The van der Waals surface area contributed by atoms with Crippen LogP contribution in [0, 0.1) is 6.92 Å². The van der Waals surface area contributed by atoms with Crippen LogP contribution in [0.5, 0.6) is 0 Å². The second-order valence-electron chi connectivity index (χ2n) is 6.94. The van der Waals surface area contributed by atoms with Crippen LogP contribution in [0.4, 0.5) is 0 Å². The number of carboxylic acid groups (broad SMARTS) is 1. The van der Waals surface area contributed by atoms with Gasteiger partial charge in [0.15, 0.2) is 0 Å². The molecule has 0 aliphatic rings. The first-order valence-electron chi connectivity index (χ1n) is 9.21. The minimum Gasteiger partial charge on any atom is -0.481 e. The fourth-order valence-corrected chi connectivity index (χ4v) is 4.55. The van der Waals surface area contributed by atoms with E-state index in [1.54, 1.807) is 11.3 Å². The number of allylic oxidation sites excluding steroid dienone is 5. The quantitative estimate of drug-likeness (QED) is 0.430. The topological polar surface area (TPSA) is 50.2 Å². The lowest BCUT2D eigenvalue weighted by Gasteiger charge is -2.13. The van der Waals surface area contributed by atoms with E-state index in [4.69, 9.17) is 16.6 Å². The average molecular weight is 424 g/mol. The SMILES string of the molecule is C=C(C)/C=C(\C=CC)c1nc2cc(C)c(CC(=O)O)c(-c3ccc(Cl)cc3)c2s1. The van der Waals surface area contributed by atoms with Crippen LogP contribution >= 0.6 is 22.9 Å². The van der Waals surface area contributed by atoms with Crippen molar-refractivity contribution < 1.29 is 9.90 Å². The normalized spacial score (nSPS) is 12.1. The Bertz CT molecular complexity index is 1150. The van der Waals surface area contributed by atoms with Crippen molar-refractivity contribution in [1.82, 2.24) is 4.98 Å². The summed E-state index contributed by atoms with van der Waals surface area (Å²) in [5.41, 5.74) is 6.36. The third-order valence-electron chi connectivity index (χ3n) is 4.47. The molecule has 0 aliphatic heterocycles. The van der Waals surface area contributed by atoms with Crippen molar-refractivity contribution in [1.29, 1.82) is 0 Å². The van der Waals surface area contributed by atoms with Gasteiger partial charge in [0.05, 0.1) is 16.6 Å². The van der Waals surface area contributed by atoms with Crippen molar-refractivity contribution in [3.8, 4) is 11.1 Å². The minimum atomic E-state index is -0.857. The molecule has 1 N–H and O–H groups in total. The second-order valence-corrected chi connectivity index (χ2v) is 8.37. The molecule has 3 nitrogen and oxygen atoms in total. The molecule has 0 bridgehead atoms. The summed E-state index contributed by atoms with van der Waals surface area (Å²) in [6.07, 6.45) is 5.95. The van der Waals surface area contributed by atoms with E-state index in [1.165, 1.54) is 0 Å². The smallest absolute Gasteiger partial charge is 0.307 e. The number of aryl methyl sites for hydroxylation is 1. The van der Waals surface area contributed by atoms with Gasteiger partial charge in [-0.05, 0) is 61.7 Å². The Morgan fingerprint density at radius 3 is 2.59 bits per heavy atom. The van der Waals surface area contributed by atoms with E-state index in [9.17, 15) is 9.90 Å². The number of hydrogen-bond donors (Lipinski definition) is 1. The third-order valence-corrected chi connectivity index (χ3v) is 5.86. The lowest BCUT2D eigenvalue weighted by atomic mass is 9.93. The molecule has 0 saturated heterocycles. The third kappa shape index (κ3) is 4.66. The number of aliphatic carboxylic acids is 1. The van der Waals surface area contributed by atoms with E-state index in [-0.39, 0.29) is 6.42 Å². The summed E-state index contributed by atoms with van der Waals surface area (Å²) in [5.74, 6) is -0.857. The molecule has 29 heavy (non-hydrogen) atoms. The molecular formula is C24H22ClNO2S. The minimum absolute atomic E-state index is 0.0453. The van der Waals surface area contributed by atoms with Gasteiger partial charge in [0.1, 0.15) is 5.01 Å². The number of thiazole rings is 1. The summed E-state index contributed by atoms with van der Waals surface area (Å²) in [7, 11) is 0.